The lowest BCUT2D eigenvalue weighted by atomic mass is 10.4. The van der Waals surface area contributed by atoms with E-state index < -0.39 is 0 Å². The average Bonchev–Trinajstić information content (AvgIpc) is 2.21. The highest BCUT2D eigenvalue weighted by Gasteiger charge is 1.99. The van der Waals surface area contributed by atoms with Crippen LogP contribution in [0.2, 0.25) is 0 Å². The van der Waals surface area contributed by atoms with Gasteiger partial charge in [-0.1, -0.05) is 0 Å². The number of esters is 1. The molecule has 1 aromatic rings. The molecule has 0 saturated carbocycles. The summed E-state index contributed by atoms with van der Waals surface area (Å²) in [4.78, 5) is 18.5. The van der Waals surface area contributed by atoms with Gasteiger partial charge in [0.05, 0.1) is 25.9 Å². The van der Waals surface area contributed by atoms with Crippen molar-refractivity contribution < 1.29 is 9.53 Å². The van der Waals surface area contributed by atoms with Gasteiger partial charge < -0.3 is 15.8 Å². The van der Waals surface area contributed by atoms with Crippen LogP contribution in [0.3, 0.4) is 0 Å². The van der Waals surface area contributed by atoms with Gasteiger partial charge >= 0.3 is 5.97 Å². The first-order valence-electron chi connectivity index (χ1n) is 4.10. The summed E-state index contributed by atoms with van der Waals surface area (Å²) in [7, 11) is 1.35. The summed E-state index contributed by atoms with van der Waals surface area (Å²) in [5, 5.41) is 2.91. The standard InChI is InChI=1S/C8H12N4O2/c1-14-8(13)2-3-10-7-5-11-6(9)4-12-7/h4-5H,2-3H2,1H3,(H2,9,11)(H,10,12). The third kappa shape index (κ3) is 3.26. The maximum Gasteiger partial charge on any atom is 0.307 e. The first kappa shape index (κ1) is 10.2. The number of nitrogens with zero attached hydrogens (tertiary/aromatic N) is 2. The van der Waals surface area contributed by atoms with E-state index in [1.807, 2.05) is 0 Å². The molecule has 6 heteroatoms. The van der Waals surface area contributed by atoms with Gasteiger partial charge in [-0.05, 0) is 0 Å². The Morgan fingerprint density at radius 3 is 2.93 bits per heavy atom. The number of anilines is 2. The van der Waals surface area contributed by atoms with Crippen LogP contribution in [-0.2, 0) is 9.53 Å². The molecule has 1 aromatic heterocycles. The lowest BCUT2D eigenvalue weighted by Crippen LogP contribution is -2.10. The fourth-order valence-corrected chi connectivity index (χ4v) is 0.824. The Kier molecular flexibility index (Phi) is 3.66. The van der Waals surface area contributed by atoms with E-state index in [0.29, 0.717) is 24.6 Å². The van der Waals surface area contributed by atoms with Crippen molar-refractivity contribution in [2.75, 3.05) is 24.7 Å². The lowest BCUT2D eigenvalue weighted by molar-refractivity contribution is -0.140. The zero-order valence-electron chi connectivity index (χ0n) is 7.86. The number of nitrogens with two attached hydrogens (primary N) is 1. The molecule has 0 aliphatic carbocycles. The number of carbonyl (C=O) groups excluding carboxylic acids is 1. The molecule has 6 nitrogen and oxygen atoms in total. The number of methoxy groups -OCH3 is 1. The number of hydrogen-bond acceptors (Lipinski definition) is 6. The predicted octanol–water partition coefficient (Wildman–Crippen LogP) is 0.0338. The van der Waals surface area contributed by atoms with Crippen LogP contribution >= 0.6 is 0 Å². The topological polar surface area (TPSA) is 90.1 Å². The van der Waals surface area contributed by atoms with Crippen molar-refractivity contribution in [1.82, 2.24) is 9.97 Å². The number of aromatic nitrogens is 2. The van der Waals surface area contributed by atoms with Crippen LogP contribution in [0.15, 0.2) is 12.4 Å². The van der Waals surface area contributed by atoms with Crippen LogP contribution < -0.4 is 11.1 Å². The van der Waals surface area contributed by atoms with Crippen LogP contribution in [0.5, 0.6) is 0 Å². The summed E-state index contributed by atoms with van der Waals surface area (Å²) in [6, 6.07) is 0. The Balaban J connectivity index is 2.31. The normalized spacial score (nSPS) is 9.50. The van der Waals surface area contributed by atoms with Gasteiger partial charge in [-0.25, -0.2) is 9.97 Å². The molecule has 0 radical (unpaired) electrons. The molecule has 0 unspecified atom stereocenters. The second kappa shape index (κ2) is 5.00. The third-order valence-corrected chi connectivity index (χ3v) is 1.53. The van der Waals surface area contributed by atoms with Gasteiger partial charge in [-0.2, -0.15) is 0 Å². The van der Waals surface area contributed by atoms with E-state index in [4.69, 9.17) is 5.73 Å². The summed E-state index contributed by atoms with van der Waals surface area (Å²) in [6.45, 7) is 0.464. The van der Waals surface area contributed by atoms with Crippen molar-refractivity contribution in [2.45, 2.75) is 6.42 Å². The van der Waals surface area contributed by atoms with Gasteiger partial charge in [0, 0.05) is 6.54 Å². The van der Waals surface area contributed by atoms with Crippen LogP contribution in [0.4, 0.5) is 11.6 Å². The molecule has 1 heterocycles. The molecule has 0 bridgehead atoms. The van der Waals surface area contributed by atoms with Crippen LogP contribution in [-0.4, -0.2) is 29.6 Å². The molecule has 0 amide bonds. The van der Waals surface area contributed by atoms with Gasteiger partial charge in [0.25, 0.3) is 0 Å². The van der Waals surface area contributed by atoms with Gasteiger partial charge in [0.15, 0.2) is 0 Å². The van der Waals surface area contributed by atoms with E-state index in [1.54, 1.807) is 0 Å². The minimum absolute atomic E-state index is 0.263. The van der Waals surface area contributed by atoms with Gasteiger partial charge in [0.1, 0.15) is 11.6 Å². The Labute approximate surface area is 81.5 Å². The average molecular weight is 196 g/mol. The molecule has 0 aromatic carbocycles. The Morgan fingerprint density at radius 1 is 1.57 bits per heavy atom. The molecule has 0 fully saturated rings. The number of carbonyl (C=O) groups is 1. The highest BCUT2D eigenvalue weighted by molar-refractivity contribution is 5.69. The van der Waals surface area contributed by atoms with E-state index in [-0.39, 0.29) is 5.97 Å². The van der Waals surface area contributed by atoms with Crippen molar-refractivity contribution in [3.8, 4) is 0 Å². The number of hydrogen-bond donors (Lipinski definition) is 2. The van der Waals surface area contributed by atoms with E-state index >= 15 is 0 Å². The number of nitrogens with one attached hydrogen (secondary N) is 1. The molecule has 0 spiro atoms. The first-order chi connectivity index (χ1) is 6.72. The molecule has 1 rings (SSSR count). The highest BCUT2D eigenvalue weighted by atomic mass is 16.5. The van der Waals surface area contributed by atoms with E-state index in [2.05, 4.69) is 20.0 Å². The summed E-state index contributed by atoms with van der Waals surface area (Å²) >= 11 is 0. The minimum atomic E-state index is -0.263. The molecule has 3 N–H and O–H groups in total. The smallest absolute Gasteiger partial charge is 0.307 e. The number of ether oxygens (including phenoxy) is 1. The van der Waals surface area contributed by atoms with Gasteiger partial charge in [-0.15, -0.1) is 0 Å². The molecule has 0 atom stereocenters. The fraction of sp³-hybridized carbons (Fsp3) is 0.375. The van der Waals surface area contributed by atoms with Crippen LogP contribution in [0.25, 0.3) is 0 Å². The quantitative estimate of drug-likeness (QED) is 0.660. The maximum atomic E-state index is 10.7. The van der Waals surface area contributed by atoms with E-state index in [0.717, 1.165) is 0 Å². The molecule has 14 heavy (non-hydrogen) atoms. The zero-order chi connectivity index (χ0) is 10.4. The van der Waals surface area contributed by atoms with Gasteiger partial charge in [0.2, 0.25) is 0 Å². The Bertz CT molecular complexity index is 299. The van der Waals surface area contributed by atoms with E-state index in [1.165, 1.54) is 19.5 Å². The Morgan fingerprint density at radius 2 is 2.36 bits per heavy atom. The maximum absolute atomic E-state index is 10.7. The molecule has 0 saturated heterocycles. The second-order valence-electron chi connectivity index (χ2n) is 2.58. The molecule has 0 aliphatic rings. The summed E-state index contributed by atoms with van der Waals surface area (Å²) in [5.41, 5.74) is 5.35. The molecule has 76 valence electrons. The monoisotopic (exact) mass is 196 g/mol. The van der Waals surface area contributed by atoms with Crippen molar-refractivity contribution >= 4 is 17.6 Å². The van der Waals surface area contributed by atoms with Crippen LogP contribution in [0.1, 0.15) is 6.42 Å². The van der Waals surface area contributed by atoms with Gasteiger partial charge in [-0.3, -0.25) is 4.79 Å². The van der Waals surface area contributed by atoms with Crippen molar-refractivity contribution in [3.05, 3.63) is 12.4 Å². The van der Waals surface area contributed by atoms with Crippen molar-refractivity contribution in [2.24, 2.45) is 0 Å². The second-order valence-corrected chi connectivity index (χ2v) is 2.58. The van der Waals surface area contributed by atoms with E-state index in [9.17, 15) is 4.79 Å². The molecule has 0 aliphatic heterocycles. The Hall–Kier alpha value is -1.85. The third-order valence-electron chi connectivity index (χ3n) is 1.53. The van der Waals surface area contributed by atoms with Crippen molar-refractivity contribution in [1.29, 1.82) is 0 Å². The lowest BCUT2D eigenvalue weighted by Gasteiger charge is -2.03. The summed E-state index contributed by atoms with van der Waals surface area (Å²) in [5.74, 6) is 0.688. The van der Waals surface area contributed by atoms with Crippen LogP contribution in [0, 0.1) is 0 Å². The SMILES string of the molecule is COC(=O)CCNc1cnc(N)cn1. The highest BCUT2D eigenvalue weighted by Crippen LogP contribution is 2.01. The molecular formula is C8H12N4O2. The molecular weight excluding hydrogens is 184 g/mol. The summed E-state index contributed by atoms with van der Waals surface area (Å²) < 4.78 is 4.47. The first-order valence-corrected chi connectivity index (χ1v) is 4.10. The number of rotatable bonds is 4. The minimum Gasteiger partial charge on any atom is -0.469 e. The number of nitrogen functional groups attached to an aromatic ring is 1. The summed E-state index contributed by atoms with van der Waals surface area (Å²) in [6.07, 6.45) is 3.25. The zero-order valence-corrected chi connectivity index (χ0v) is 7.86. The fourth-order valence-electron chi connectivity index (χ4n) is 0.824. The largest absolute Gasteiger partial charge is 0.469 e. The predicted molar refractivity (Wildman–Crippen MR) is 51.6 cm³/mol. The van der Waals surface area contributed by atoms with Crippen molar-refractivity contribution in [3.63, 3.8) is 0 Å².